The van der Waals surface area contributed by atoms with E-state index in [4.69, 9.17) is 4.74 Å². The Labute approximate surface area is 126 Å². The highest BCUT2D eigenvalue weighted by atomic mass is 32.2. The summed E-state index contributed by atoms with van der Waals surface area (Å²) >= 11 is 0. The fourth-order valence-corrected chi connectivity index (χ4v) is 3.83. The molecule has 116 valence electrons. The van der Waals surface area contributed by atoms with Crippen molar-refractivity contribution in [3.8, 4) is 5.75 Å². The molecule has 1 fully saturated rings. The lowest BCUT2D eigenvalue weighted by atomic mass is 10.0. The molecular weight excluding hydrogens is 290 g/mol. The number of hydrogen-bond donors (Lipinski definition) is 0. The van der Waals surface area contributed by atoms with Crippen LogP contribution in [0.15, 0.2) is 29.2 Å². The minimum Gasteiger partial charge on any atom is -0.491 e. The fourth-order valence-electron chi connectivity index (χ4n) is 2.36. The summed E-state index contributed by atoms with van der Waals surface area (Å²) in [6.07, 6.45) is 2.16. The molecule has 0 saturated carbocycles. The van der Waals surface area contributed by atoms with Crippen LogP contribution < -0.4 is 4.74 Å². The van der Waals surface area contributed by atoms with Crippen molar-refractivity contribution in [3.63, 3.8) is 0 Å². The summed E-state index contributed by atoms with van der Waals surface area (Å²) in [5, 5.41) is 0. The van der Waals surface area contributed by atoms with Gasteiger partial charge in [-0.05, 0) is 51.0 Å². The first kappa shape index (κ1) is 16.0. The number of sulfonamides is 1. The van der Waals surface area contributed by atoms with Crippen LogP contribution in [0.25, 0.3) is 0 Å². The number of benzene rings is 1. The third-order valence-electron chi connectivity index (χ3n) is 3.52. The van der Waals surface area contributed by atoms with E-state index in [0.717, 1.165) is 6.29 Å². The molecule has 1 aliphatic heterocycles. The molecule has 1 aromatic carbocycles. The maximum Gasteiger partial charge on any atom is 0.243 e. The second-order valence-corrected chi connectivity index (χ2v) is 7.45. The van der Waals surface area contributed by atoms with Crippen molar-refractivity contribution in [2.45, 2.75) is 37.7 Å². The molecule has 0 amide bonds. The van der Waals surface area contributed by atoms with E-state index in [1.807, 2.05) is 13.8 Å². The minimum absolute atomic E-state index is 0.0155. The van der Waals surface area contributed by atoms with Crippen LogP contribution in [0, 0.1) is 5.92 Å². The van der Waals surface area contributed by atoms with Gasteiger partial charge in [0.05, 0.1) is 11.0 Å². The zero-order valence-corrected chi connectivity index (χ0v) is 13.2. The summed E-state index contributed by atoms with van der Waals surface area (Å²) < 4.78 is 32.0. The normalized spacial score (nSPS) is 17.9. The van der Waals surface area contributed by atoms with Crippen molar-refractivity contribution >= 4 is 16.3 Å². The topological polar surface area (TPSA) is 63.7 Å². The molecule has 0 spiro atoms. The molecule has 1 aromatic rings. The molecule has 2 rings (SSSR count). The molecule has 0 unspecified atom stereocenters. The summed E-state index contributed by atoms with van der Waals surface area (Å²) in [5.41, 5.74) is 0. The first-order valence-corrected chi connectivity index (χ1v) is 8.59. The largest absolute Gasteiger partial charge is 0.491 e. The number of rotatable bonds is 5. The molecule has 6 heteroatoms. The third-order valence-corrected chi connectivity index (χ3v) is 5.44. The van der Waals surface area contributed by atoms with E-state index in [1.165, 1.54) is 4.31 Å². The molecule has 0 N–H and O–H groups in total. The molecular formula is C15H21NO4S. The van der Waals surface area contributed by atoms with Crippen molar-refractivity contribution in [2.24, 2.45) is 5.92 Å². The molecule has 0 aliphatic carbocycles. The van der Waals surface area contributed by atoms with Gasteiger partial charge in [-0.15, -0.1) is 0 Å². The number of ether oxygens (including phenoxy) is 1. The standard InChI is InChI=1S/C15H21NO4S/c1-12(2)20-14-3-5-15(6-4-14)21(18,19)16-9-7-13(11-17)8-10-16/h3-6,11-13H,7-10H2,1-2H3. The fraction of sp³-hybridized carbons (Fsp3) is 0.533. The summed E-state index contributed by atoms with van der Waals surface area (Å²) in [5.74, 6) is 0.641. The number of carbonyl (C=O) groups is 1. The summed E-state index contributed by atoms with van der Waals surface area (Å²) in [4.78, 5) is 11.0. The van der Waals surface area contributed by atoms with Crippen molar-refractivity contribution in [1.82, 2.24) is 4.31 Å². The van der Waals surface area contributed by atoms with Gasteiger partial charge in [-0.2, -0.15) is 4.31 Å². The lowest BCUT2D eigenvalue weighted by Crippen LogP contribution is -2.38. The molecule has 5 nitrogen and oxygen atoms in total. The number of piperidine rings is 1. The second kappa shape index (κ2) is 6.58. The van der Waals surface area contributed by atoms with Crippen LogP contribution in [-0.4, -0.2) is 38.2 Å². The SMILES string of the molecule is CC(C)Oc1ccc(S(=O)(=O)N2CCC(C=O)CC2)cc1. The van der Waals surface area contributed by atoms with Crippen LogP contribution in [0.1, 0.15) is 26.7 Å². The Morgan fingerprint density at radius 1 is 1.19 bits per heavy atom. The summed E-state index contributed by atoms with van der Waals surface area (Å²) in [7, 11) is -3.48. The number of carbonyl (C=O) groups excluding carboxylic acids is 1. The predicted octanol–water partition coefficient (Wildman–Crippen LogP) is 2.07. The molecule has 1 saturated heterocycles. The van der Waals surface area contributed by atoms with Gasteiger partial charge < -0.3 is 9.53 Å². The number of aldehydes is 1. The maximum atomic E-state index is 12.5. The van der Waals surface area contributed by atoms with Crippen LogP contribution in [0.5, 0.6) is 5.75 Å². The van der Waals surface area contributed by atoms with E-state index in [1.54, 1.807) is 24.3 Å². The van der Waals surface area contributed by atoms with Gasteiger partial charge in [0.1, 0.15) is 12.0 Å². The van der Waals surface area contributed by atoms with E-state index in [2.05, 4.69) is 0 Å². The minimum atomic E-state index is -3.48. The number of hydrogen-bond acceptors (Lipinski definition) is 4. The Balaban J connectivity index is 2.11. The highest BCUT2D eigenvalue weighted by Gasteiger charge is 2.29. The molecule has 1 heterocycles. The van der Waals surface area contributed by atoms with Crippen molar-refractivity contribution in [2.75, 3.05) is 13.1 Å². The smallest absolute Gasteiger partial charge is 0.243 e. The van der Waals surface area contributed by atoms with E-state index >= 15 is 0 Å². The van der Waals surface area contributed by atoms with Gasteiger partial charge in [0, 0.05) is 19.0 Å². The van der Waals surface area contributed by atoms with E-state index < -0.39 is 10.0 Å². The Morgan fingerprint density at radius 2 is 1.76 bits per heavy atom. The van der Waals surface area contributed by atoms with E-state index in [-0.39, 0.29) is 16.9 Å². The van der Waals surface area contributed by atoms with Gasteiger partial charge in [-0.1, -0.05) is 0 Å². The van der Waals surface area contributed by atoms with Gasteiger partial charge in [-0.3, -0.25) is 0 Å². The zero-order valence-electron chi connectivity index (χ0n) is 12.4. The van der Waals surface area contributed by atoms with Crippen LogP contribution in [-0.2, 0) is 14.8 Å². The van der Waals surface area contributed by atoms with Crippen LogP contribution in [0.4, 0.5) is 0 Å². The molecule has 0 bridgehead atoms. The molecule has 0 atom stereocenters. The van der Waals surface area contributed by atoms with Crippen molar-refractivity contribution < 1.29 is 17.9 Å². The van der Waals surface area contributed by atoms with Crippen LogP contribution in [0.3, 0.4) is 0 Å². The Morgan fingerprint density at radius 3 is 2.24 bits per heavy atom. The van der Waals surface area contributed by atoms with Gasteiger partial charge in [0.15, 0.2) is 0 Å². The Bertz CT molecular complexity index is 572. The van der Waals surface area contributed by atoms with Crippen molar-refractivity contribution in [3.05, 3.63) is 24.3 Å². The first-order valence-electron chi connectivity index (χ1n) is 7.15. The van der Waals surface area contributed by atoms with Crippen molar-refractivity contribution in [1.29, 1.82) is 0 Å². The predicted molar refractivity (Wildman–Crippen MR) is 79.8 cm³/mol. The van der Waals surface area contributed by atoms with E-state index in [9.17, 15) is 13.2 Å². The maximum absolute atomic E-state index is 12.5. The summed E-state index contributed by atoms with van der Waals surface area (Å²) in [6, 6.07) is 6.48. The highest BCUT2D eigenvalue weighted by molar-refractivity contribution is 7.89. The monoisotopic (exact) mass is 311 g/mol. The van der Waals surface area contributed by atoms with Gasteiger partial charge >= 0.3 is 0 Å². The highest BCUT2D eigenvalue weighted by Crippen LogP contribution is 2.24. The lowest BCUT2D eigenvalue weighted by Gasteiger charge is -2.28. The number of nitrogens with zero attached hydrogens (tertiary/aromatic N) is 1. The Kier molecular flexibility index (Phi) is 5.00. The molecule has 21 heavy (non-hydrogen) atoms. The van der Waals surface area contributed by atoms with Gasteiger partial charge in [0.25, 0.3) is 0 Å². The first-order chi connectivity index (χ1) is 9.93. The summed E-state index contributed by atoms with van der Waals surface area (Å²) in [6.45, 7) is 4.63. The second-order valence-electron chi connectivity index (χ2n) is 5.52. The molecule has 1 aliphatic rings. The van der Waals surface area contributed by atoms with Crippen LogP contribution >= 0.6 is 0 Å². The molecule has 0 aromatic heterocycles. The lowest BCUT2D eigenvalue weighted by molar-refractivity contribution is -0.112. The third kappa shape index (κ3) is 3.83. The quantitative estimate of drug-likeness (QED) is 0.781. The van der Waals surface area contributed by atoms with Gasteiger partial charge in [-0.25, -0.2) is 8.42 Å². The zero-order chi connectivity index (χ0) is 15.5. The average molecular weight is 311 g/mol. The molecule has 0 radical (unpaired) electrons. The van der Waals surface area contributed by atoms with Crippen LogP contribution in [0.2, 0.25) is 0 Å². The van der Waals surface area contributed by atoms with Gasteiger partial charge in [0.2, 0.25) is 10.0 Å². The van der Waals surface area contributed by atoms with E-state index in [0.29, 0.717) is 31.7 Å². The Hall–Kier alpha value is -1.40. The average Bonchev–Trinajstić information content (AvgIpc) is 2.47.